The van der Waals surface area contributed by atoms with Crippen molar-refractivity contribution in [3.63, 3.8) is 0 Å². The minimum absolute atomic E-state index is 0.247. The van der Waals surface area contributed by atoms with E-state index in [0.717, 1.165) is 8.96 Å². The molecule has 1 N–H and O–H groups in total. The molecule has 0 amide bonds. The van der Waals surface area contributed by atoms with Gasteiger partial charge < -0.3 is 4.98 Å². The molecule has 2 rings (SSSR count). The highest BCUT2D eigenvalue weighted by Gasteiger charge is 2.02. The Morgan fingerprint density at radius 2 is 2.23 bits per heavy atom. The van der Waals surface area contributed by atoms with Crippen LogP contribution in [0.2, 0.25) is 5.15 Å². The summed E-state index contributed by atoms with van der Waals surface area (Å²) in [6, 6.07) is 5.59. The fourth-order valence-corrected chi connectivity index (χ4v) is 1.81. The number of rotatable bonds is 0. The van der Waals surface area contributed by atoms with E-state index in [0.29, 0.717) is 5.52 Å². The van der Waals surface area contributed by atoms with Crippen molar-refractivity contribution in [3.8, 4) is 0 Å². The summed E-state index contributed by atoms with van der Waals surface area (Å²) < 4.78 is 1.06. The van der Waals surface area contributed by atoms with Gasteiger partial charge in [-0.05, 0) is 40.8 Å². The molecule has 5 heteroatoms. The van der Waals surface area contributed by atoms with Crippen LogP contribution >= 0.6 is 34.2 Å². The number of halogens is 2. The van der Waals surface area contributed by atoms with E-state index in [-0.39, 0.29) is 5.15 Å². The van der Waals surface area contributed by atoms with Gasteiger partial charge in [0.1, 0.15) is 5.15 Å². The maximum Gasteiger partial charge on any atom is 0.346 e. The smallest absolute Gasteiger partial charge is 0.305 e. The lowest BCUT2D eigenvalue weighted by Gasteiger charge is -1.98. The summed E-state index contributed by atoms with van der Waals surface area (Å²) >= 11 is 7.97. The van der Waals surface area contributed by atoms with Crippen LogP contribution in [-0.2, 0) is 0 Å². The Labute approximate surface area is 92.3 Å². The first kappa shape index (κ1) is 8.96. The number of nitrogens with zero attached hydrogens (tertiary/aromatic N) is 1. The molecule has 0 fully saturated rings. The average Bonchev–Trinajstić information content (AvgIpc) is 2.06. The van der Waals surface area contributed by atoms with E-state index in [2.05, 4.69) is 32.6 Å². The van der Waals surface area contributed by atoms with Crippen molar-refractivity contribution in [3.05, 3.63) is 37.4 Å². The molecule has 0 spiro atoms. The zero-order valence-corrected chi connectivity index (χ0v) is 9.26. The molecule has 1 aromatic carbocycles. The van der Waals surface area contributed by atoms with Crippen LogP contribution in [-0.4, -0.2) is 9.97 Å². The first-order valence-electron chi connectivity index (χ1n) is 3.52. The van der Waals surface area contributed by atoms with Crippen LogP contribution < -0.4 is 5.69 Å². The summed E-state index contributed by atoms with van der Waals surface area (Å²) in [5.41, 5.74) is 0.295. The number of H-pyrrole nitrogens is 1. The summed E-state index contributed by atoms with van der Waals surface area (Å²) in [5.74, 6) is 0. The van der Waals surface area contributed by atoms with Gasteiger partial charge in [0, 0.05) is 8.96 Å². The van der Waals surface area contributed by atoms with Gasteiger partial charge in [0.2, 0.25) is 0 Å². The summed E-state index contributed by atoms with van der Waals surface area (Å²) in [6.45, 7) is 0. The molecule has 2 aromatic rings. The predicted octanol–water partition coefficient (Wildman–Crippen LogP) is 2.18. The van der Waals surface area contributed by atoms with Crippen molar-refractivity contribution in [1.29, 1.82) is 0 Å². The Morgan fingerprint density at radius 3 is 3.00 bits per heavy atom. The summed E-state index contributed by atoms with van der Waals surface area (Å²) in [7, 11) is 0. The van der Waals surface area contributed by atoms with Gasteiger partial charge in [-0.25, -0.2) is 4.79 Å². The Bertz CT molecular complexity index is 523. The lowest BCUT2D eigenvalue weighted by Crippen LogP contribution is -2.09. The van der Waals surface area contributed by atoms with Gasteiger partial charge in [-0.15, -0.1) is 0 Å². The average molecular weight is 306 g/mol. The highest BCUT2D eigenvalue weighted by atomic mass is 127. The lowest BCUT2D eigenvalue weighted by molar-refractivity contribution is 1.12. The second-order valence-corrected chi connectivity index (χ2v) is 4.13. The van der Waals surface area contributed by atoms with Gasteiger partial charge >= 0.3 is 5.69 Å². The molecular formula is C8H4ClIN2O. The predicted molar refractivity (Wildman–Crippen MR) is 60.1 cm³/mol. The second kappa shape index (κ2) is 3.26. The van der Waals surface area contributed by atoms with Gasteiger partial charge in [-0.2, -0.15) is 4.98 Å². The third kappa shape index (κ3) is 1.68. The molecule has 0 bridgehead atoms. The zero-order chi connectivity index (χ0) is 9.42. The molecule has 0 radical (unpaired) electrons. The van der Waals surface area contributed by atoms with Crippen molar-refractivity contribution < 1.29 is 0 Å². The normalized spacial score (nSPS) is 10.6. The van der Waals surface area contributed by atoms with E-state index in [1.807, 2.05) is 18.2 Å². The number of nitrogens with one attached hydrogen (secondary N) is 1. The third-order valence-electron chi connectivity index (χ3n) is 1.65. The van der Waals surface area contributed by atoms with Gasteiger partial charge in [0.05, 0.1) is 5.52 Å². The molecule has 66 valence electrons. The fourth-order valence-electron chi connectivity index (χ4n) is 1.09. The topological polar surface area (TPSA) is 45.8 Å². The van der Waals surface area contributed by atoms with Gasteiger partial charge in [-0.3, -0.25) is 0 Å². The van der Waals surface area contributed by atoms with Crippen molar-refractivity contribution in [2.75, 3.05) is 0 Å². The van der Waals surface area contributed by atoms with Crippen molar-refractivity contribution in [2.45, 2.75) is 0 Å². The van der Waals surface area contributed by atoms with Gasteiger partial charge in [0.15, 0.2) is 0 Å². The second-order valence-electron chi connectivity index (χ2n) is 2.52. The minimum atomic E-state index is -0.418. The van der Waals surface area contributed by atoms with E-state index in [4.69, 9.17) is 11.6 Å². The number of hydrogen-bond acceptors (Lipinski definition) is 2. The summed E-state index contributed by atoms with van der Waals surface area (Å²) in [4.78, 5) is 17.1. The van der Waals surface area contributed by atoms with Gasteiger partial charge in [0.25, 0.3) is 0 Å². The molecule has 3 nitrogen and oxygen atoms in total. The highest BCUT2D eigenvalue weighted by molar-refractivity contribution is 14.1. The van der Waals surface area contributed by atoms with Crippen LogP contribution in [0.5, 0.6) is 0 Å². The number of aromatic nitrogens is 2. The number of hydrogen-bond donors (Lipinski definition) is 1. The Hall–Kier alpha value is -0.620. The van der Waals surface area contributed by atoms with E-state index in [9.17, 15) is 4.79 Å². The van der Waals surface area contributed by atoms with Crippen LogP contribution in [0.1, 0.15) is 0 Å². The van der Waals surface area contributed by atoms with Crippen LogP contribution in [0.4, 0.5) is 0 Å². The first-order valence-corrected chi connectivity index (χ1v) is 4.97. The number of aromatic amines is 1. The van der Waals surface area contributed by atoms with Crippen molar-refractivity contribution >= 4 is 45.1 Å². The molecule has 1 heterocycles. The SMILES string of the molecule is O=c1nc(Cl)c2cc(I)ccc2[nH]1. The maximum absolute atomic E-state index is 10.9. The zero-order valence-electron chi connectivity index (χ0n) is 6.34. The fraction of sp³-hybridized carbons (Fsp3) is 0. The lowest BCUT2D eigenvalue weighted by atomic mass is 10.2. The van der Waals surface area contributed by atoms with E-state index < -0.39 is 5.69 Å². The molecule has 1 aromatic heterocycles. The van der Waals surface area contributed by atoms with Gasteiger partial charge in [-0.1, -0.05) is 11.6 Å². The molecule has 0 atom stereocenters. The highest BCUT2D eigenvalue weighted by Crippen LogP contribution is 2.19. The standard InChI is InChI=1S/C8H4ClIN2O/c9-7-5-3-4(10)1-2-6(5)11-8(13)12-7/h1-3H,(H,11,12,13). The van der Waals surface area contributed by atoms with E-state index in [1.165, 1.54) is 0 Å². The first-order chi connectivity index (χ1) is 6.16. The van der Waals surface area contributed by atoms with Crippen LogP contribution in [0.15, 0.2) is 23.0 Å². The monoisotopic (exact) mass is 306 g/mol. The van der Waals surface area contributed by atoms with Crippen LogP contribution in [0.25, 0.3) is 10.9 Å². The van der Waals surface area contributed by atoms with Crippen molar-refractivity contribution in [1.82, 2.24) is 9.97 Å². The number of benzene rings is 1. The largest absolute Gasteiger partial charge is 0.346 e. The number of fused-ring (bicyclic) bond motifs is 1. The Morgan fingerprint density at radius 1 is 1.46 bits per heavy atom. The van der Waals surface area contributed by atoms with Crippen molar-refractivity contribution in [2.24, 2.45) is 0 Å². The molecular weight excluding hydrogens is 302 g/mol. The van der Waals surface area contributed by atoms with E-state index in [1.54, 1.807) is 0 Å². The molecule has 0 saturated heterocycles. The molecule has 0 aliphatic carbocycles. The van der Waals surface area contributed by atoms with Crippen LogP contribution in [0.3, 0.4) is 0 Å². The molecule has 0 saturated carbocycles. The summed E-state index contributed by atoms with van der Waals surface area (Å²) in [6.07, 6.45) is 0. The summed E-state index contributed by atoms with van der Waals surface area (Å²) in [5, 5.41) is 1.02. The molecule has 13 heavy (non-hydrogen) atoms. The molecule has 0 aliphatic rings. The third-order valence-corrected chi connectivity index (χ3v) is 2.60. The van der Waals surface area contributed by atoms with E-state index >= 15 is 0 Å². The Kier molecular flexibility index (Phi) is 2.25. The molecule has 0 unspecified atom stereocenters. The maximum atomic E-state index is 10.9. The Balaban J connectivity index is 2.95. The van der Waals surface area contributed by atoms with Crippen LogP contribution in [0, 0.1) is 3.57 Å². The minimum Gasteiger partial charge on any atom is -0.305 e. The quantitative estimate of drug-likeness (QED) is 0.599. The molecule has 0 aliphatic heterocycles.